The highest BCUT2D eigenvalue weighted by Gasteiger charge is 2.34. The first-order valence-electron chi connectivity index (χ1n) is 12.3. The molecule has 180 valence electrons. The molecular formula is C26H37N3O3S. The number of ether oxygens (including phenoxy) is 1. The second-order valence-corrected chi connectivity index (χ2v) is 10.9. The molecule has 0 spiro atoms. The van der Waals surface area contributed by atoms with Crippen LogP contribution < -0.4 is 10.5 Å². The largest absolute Gasteiger partial charge is 0.497 e. The highest BCUT2D eigenvalue weighted by molar-refractivity contribution is 7.99. The first kappa shape index (κ1) is 24.3. The summed E-state index contributed by atoms with van der Waals surface area (Å²) < 4.78 is 5.38. The molecule has 1 saturated carbocycles. The molecule has 0 radical (unpaired) electrons. The van der Waals surface area contributed by atoms with E-state index in [-0.39, 0.29) is 17.9 Å². The number of carboxylic acid groups (broad SMARTS) is 1. The monoisotopic (exact) mass is 471 g/mol. The van der Waals surface area contributed by atoms with E-state index in [1.54, 1.807) is 13.3 Å². The van der Waals surface area contributed by atoms with Crippen molar-refractivity contribution in [1.29, 1.82) is 0 Å². The minimum atomic E-state index is -0.666. The number of pyridine rings is 1. The Labute approximate surface area is 201 Å². The number of benzene rings is 1. The van der Waals surface area contributed by atoms with Crippen LogP contribution in [0.15, 0.2) is 30.5 Å². The number of fused-ring (bicyclic) bond motifs is 1. The van der Waals surface area contributed by atoms with Crippen molar-refractivity contribution in [3.05, 3.63) is 36.0 Å². The summed E-state index contributed by atoms with van der Waals surface area (Å²) in [6.45, 7) is 2.65. The Morgan fingerprint density at radius 1 is 1.30 bits per heavy atom. The fourth-order valence-electron chi connectivity index (χ4n) is 5.45. The molecule has 2 aromatic rings. The Bertz CT molecular complexity index is 934. The number of nitrogens with two attached hydrogens (primary N) is 1. The summed E-state index contributed by atoms with van der Waals surface area (Å²) in [4.78, 5) is 18.9. The van der Waals surface area contributed by atoms with Gasteiger partial charge in [0.15, 0.2) is 0 Å². The zero-order valence-corrected chi connectivity index (χ0v) is 20.4. The Hall–Kier alpha value is -1.83. The maximum atomic E-state index is 12.1. The number of likely N-dealkylation sites (tertiary alicyclic amines) is 1. The van der Waals surface area contributed by atoms with E-state index in [9.17, 15) is 9.90 Å². The van der Waals surface area contributed by atoms with Gasteiger partial charge in [0.05, 0.1) is 18.5 Å². The van der Waals surface area contributed by atoms with Crippen molar-refractivity contribution in [1.82, 2.24) is 9.88 Å². The third kappa shape index (κ3) is 6.19. The van der Waals surface area contributed by atoms with E-state index in [0.29, 0.717) is 6.54 Å². The van der Waals surface area contributed by atoms with E-state index in [2.05, 4.69) is 21.6 Å². The molecule has 0 unspecified atom stereocenters. The summed E-state index contributed by atoms with van der Waals surface area (Å²) in [5.41, 5.74) is 8.56. The molecule has 1 aromatic carbocycles. The molecule has 4 rings (SSSR count). The summed E-state index contributed by atoms with van der Waals surface area (Å²) in [6, 6.07) is 7.66. The van der Waals surface area contributed by atoms with Crippen molar-refractivity contribution < 1.29 is 14.6 Å². The van der Waals surface area contributed by atoms with Crippen LogP contribution in [-0.2, 0) is 4.79 Å². The van der Waals surface area contributed by atoms with Gasteiger partial charge in [-0.25, -0.2) is 0 Å². The molecule has 7 heteroatoms. The zero-order chi connectivity index (χ0) is 23.2. The summed E-state index contributed by atoms with van der Waals surface area (Å²) in [5.74, 6) is 1.10. The Morgan fingerprint density at radius 3 is 2.88 bits per heavy atom. The van der Waals surface area contributed by atoms with Crippen molar-refractivity contribution in [2.45, 2.75) is 56.2 Å². The first-order chi connectivity index (χ1) is 16.0. The quantitative estimate of drug-likeness (QED) is 0.518. The van der Waals surface area contributed by atoms with E-state index in [1.165, 1.54) is 25.7 Å². The van der Waals surface area contributed by atoms with Gasteiger partial charge in [-0.2, -0.15) is 11.8 Å². The zero-order valence-electron chi connectivity index (χ0n) is 19.6. The number of hydrogen-bond acceptors (Lipinski definition) is 6. The normalized spacial score (nSPS) is 23.1. The number of aromatic nitrogens is 1. The van der Waals surface area contributed by atoms with Crippen molar-refractivity contribution in [3.63, 3.8) is 0 Å². The van der Waals surface area contributed by atoms with E-state index < -0.39 is 5.97 Å². The van der Waals surface area contributed by atoms with Crippen LogP contribution in [-0.4, -0.2) is 58.7 Å². The molecule has 3 atom stereocenters. The number of rotatable bonds is 10. The van der Waals surface area contributed by atoms with Gasteiger partial charge in [-0.15, -0.1) is 0 Å². The highest BCUT2D eigenvalue weighted by Crippen LogP contribution is 2.34. The maximum absolute atomic E-state index is 12.1. The lowest BCUT2D eigenvalue weighted by Gasteiger charge is -2.37. The number of nitrogens with zero attached hydrogens (tertiary/aromatic N) is 2. The lowest BCUT2D eigenvalue weighted by molar-refractivity contribution is -0.146. The fraction of sp³-hybridized carbons (Fsp3) is 0.615. The van der Waals surface area contributed by atoms with Crippen molar-refractivity contribution in [2.75, 3.05) is 32.5 Å². The van der Waals surface area contributed by atoms with Gasteiger partial charge in [0.25, 0.3) is 0 Å². The first-order valence-corrected chi connectivity index (χ1v) is 13.3. The van der Waals surface area contributed by atoms with E-state index in [4.69, 9.17) is 10.5 Å². The van der Waals surface area contributed by atoms with Crippen LogP contribution in [0, 0.1) is 11.8 Å². The van der Waals surface area contributed by atoms with Crippen molar-refractivity contribution in [2.24, 2.45) is 17.6 Å². The summed E-state index contributed by atoms with van der Waals surface area (Å²) >= 11 is 2.08. The number of hydrogen-bond donors (Lipinski definition) is 2. The van der Waals surface area contributed by atoms with Crippen molar-refractivity contribution in [3.8, 4) is 5.75 Å². The second kappa shape index (κ2) is 11.5. The third-order valence-electron chi connectivity index (χ3n) is 7.45. The predicted molar refractivity (Wildman–Crippen MR) is 135 cm³/mol. The lowest BCUT2D eigenvalue weighted by Crippen LogP contribution is -2.44. The highest BCUT2D eigenvalue weighted by atomic mass is 32.2. The van der Waals surface area contributed by atoms with Gasteiger partial charge in [-0.05, 0) is 74.4 Å². The third-order valence-corrected chi connectivity index (χ3v) is 8.81. The molecule has 33 heavy (non-hydrogen) atoms. The predicted octanol–water partition coefficient (Wildman–Crippen LogP) is 4.72. The average molecular weight is 472 g/mol. The molecule has 1 saturated heterocycles. The fourth-order valence-corrected chi connectivity index (χ4v) is 6.81. The van der Waals surface area contributed by atoms with Crippen LogP contribution in [0.1, 0.15) is 56.6 Å². The molecule has 1 aromatic heterocycles. The number of carboxylic acids is 1. The van der Waals surface area contributed by atoms with Crippen molar-refractivity contribution >= 4 is 28.6 Å². The van der Waals surface area contributed by atoms with Gasteiger partial charge in [0.2, 0.25) is 0 Å². The molecule has 1 aliphatic carbocycles. The van der Waals surface area contributed by atoms with Crippen LogP contribution in [0.4, 0.5) is 0 Å². The lowest BCUT2D eigenvalue weighted by atomic mass is 9.81. The van der Waals surface area contributed by atoms with Crippen LogP contribution in [0.5, 0.6) is 5.75 Å². The molecule has 0 bridgehead atoms. The van der Waals surface area contributed by atoms with E-state index in [0.717, 1.165) is 65.6 Å². The molecule has 6 nitrogen and oxygen atoms in total. The van der Waals surface area contributed by atoms with E-state index in [1.807, 2.05) is 24.3 Å². The molecule has 3 N–H and O–H groups in total. The number of thioether (sulfide) groups is 1. The Kier molecular flexibility index (Phi) is 8.50. The minimum Gasteiger partial charge on any atom is -0.497 e. The van der Waals surface area contributed by atoms with Crippen LogP contribution in [0.3, 0.4) is 0 Å². The van der Waals surface area contributed by atoms with Crippen LogP contribution in [0.2, 0.25) is 0 Å². The number of piperidine rings is 1. The number of aliphatic carboxylic acids is 1. The molecule has 2 aliphatic rings. The number of methoxy groups -OCH3 is 1. The average Bonchev–Trinajstić information content (AvgIpc) is 3.35. The topological polar surface area (TPSA) is 88.7 Å². The summed E-state index contributed by atoms with van der Waals surface area (Å²) in [7, 11) is 1.66. The second-order valence-electron chi connectivity index (χ2n) is 9.54. The van der Waals surface area contributed by atoms with Crippen LogP contribution >= 0.6 is 11.8 Å². The Morgan fingerprint density at radius 2 is 2.12 bits per heavy atom. The molecule has 2 fully saturated rings. The Balaban J connectivity index is 1.33. The van der Waals surface area contributed by atoms with Gasteiger partial charge in [-0.1, -0.05) is 12.8 Å². The van der Waals surface area contributed by atoms with Gasteiger partial charge in [-0.3, -0.25) is 9.78 Å². The standard InChI is InChI=1S/C26H37N3O3S/c1-32-19-7-9-25-22(16-19)21(10-12-28-25)24(27)8-6-18-11-13-29(17-23(18)26(30)31)14-15-33-20-4-2-3-5-20/h7,9-10,12,16,18,20,23-24H,2-6,8,11,13-15,17,27H2,1H3,(H,30,31)/t18-,23+,24+/m1/s1. The minimum absolute atomic E-state index is 0.155. The molecule has 2 heterocycles. The molecular weight excluding hydrogens is 434 g/mol. The SMILES string of the molecule is COc1ccc2nccc([C@@H](N)CC[C@@H]3CCN(CCSC4CCCC4)C[C@@H]3C(=O)O)c2c1. The maximum Gasteiger partial charge on any atom is 0.308 e. The summed E-state index contributed by atoms with van der Waals surface area (Å²) in [5, 5.41) is 11.8. The van der Waals surface area contributed by atoms with E-state index >= 15 is 0 Å². The van der Waals surface area contributed by atoms with Gasteiger partial charge < -0.3 is 20.5 Å². The van der Waals surface area contributed by atoms with Crippen LogP contribution in [0.25, 0.3) is 10.9 Å². The molecule has 1 aliphatic heterocycles. The van der Waals surface area contributed by atoms with Gasteiger partial charge in [0, 0.05) is 41.7 Å². The summed E-state index contributed by atoms with van der Waals surface area (Å²) in [6.07, 6.45) is 9.77. The number of carbonyl (C=O) groups is 1. The smallest absolute Gasteiger partial charge is 0.308 e. The molecule has 0 amide bonds. The van der Waals surface area contributed by atoms with Gasteiger partial charge >= 0.3 is 5.97 Å². The van der Waals surface area contributed by atoms with Gasteiger partial charge in [0.1, 0.15) is 5.75 Å².